The Kier molecular flexibility index (Phi) is 5.50. The average molecular weight is 343 g/mol. The molecule has 0 aromatic heterocycles. The largest absolute Gasteiger partial charge is 0.508 e. The topological polar surface area (TPSA) is 55.8 Å². The van der Waals surface area contributed by atoms with Gasteiger partial charge in [0.1, 0.15) is 11.6 Å². The maximum Gasteiger partial charge on any atom is 0.225 e. The summed E-state index contributed by atoms with van der Waals surface area (Å²) in [5.74, 6) is -0.326. The molecule has 3 rings (SSSR count). The number of benzene rings is 2. The zero-order valence-electron chi connectivity index (χ0n) is 14.0. The minimum atomic E-state index is -0.418. The number of phenols is 1. The first-order chi connectivity index (χ1) is 12.1. The summed E-state index contributed by atoms with van der Waals surface area (Å²) in [6.45, 7) is 4.14. The fourth-order valence-corrected chi connectivity index (χ4v) is 2.93. The van der Waals surface area contributed by atoms with Crippen LogP contribution in [0, 0.1) is 5.82 Å². The van der Waals surface area contributed by atoms with Crippen LogP contribution in [0.15, 0.2) is 48.5 Å². The van der Waals surface area contributed by atoms with E-state index in [0.29, 0.717) is 13.0 Å². The summed E-state index contributed by atoms with van der Waals surface area (Å²) in [4.78, 5) is 16.5. The molecule has 0 aliphatic carbocycles. The lowest BCUT2D eigenvalue weighted by Crippen LogP contribution is -2.47. The summed E-state index contributed by atoms with van der Waals surface area (Å²) in [7, 11) is 0. The second kappa shape index (κ2) is 7.98. The van der Waals surface area contributed by atoms with Crippen LogP contribution in [-0.2, 0) is 4.79 Å². The van der Waals surface area contributed by atoms with Crippen molar-refractivity contribution in [1.82, 2.24) is 4.90 Å². The van der Waals surface area contributed by atoms with Gasteiger partial charge in [-0.05, 0) is 36.4 Å². The molecule has 5 nitrogen and oxygen atoms in total. The van der Waals surface area contributed by atoms with E-state index in [0.717, 1.165) is 31.9 Å². The minimum Gasteiger partial charge on any atom is -0.508 e. The molecule has 1 fully saturated rings. The zero-order chi connectivity index (χ0) is 17.6. The van der Waals surface area contributed by atoms with E-state index < -0.39 is 5.82 Å². The molecular weight excluding hydrogens is 321 g/mol. The number of aromatic hydroxyl groups is 1. The van der Waals surface area contributed by atoms with Crippen molar-refractivity contribution >= 4 is 17.3 Å². The van der Waals surface area contributed by atoms with Gasteiger partial charge in [0.25, 0.3) is 0 Å². The second-order valence-electron chi connectivity index (χ2n) is 6.12. The molecule has 1 heterocycles. The molecule has 0 unspecified atom stereocenters. The number of amides is 1. The smallest absolute Gasteiger partial charge is 0.225 e. The maximum absolute atomic E-state index is 13.5. The molecule has 1 amide bonds. The van der Waals surface area contributed by atoms with E-state index in [9.17, 15) is 14.3 Å². The van der Waals surface area contributed by atoms with Crippen LogP contribution in [0.2, 0.25) is 0 Å². The van der Waals surface area contributed by atoms with Crippen LogP contribution in [0.4, 0.5) is 15.8 Å². The number of phenolic OH excluding ortho intramolecular Hbond substituents is 1. The number of hydrogen-bond acceptors (Lipinski definition) is 4. The number of nitrogens with one attached hydrogen (secondary N) is 1. The van der Waals surface area contributed by atoms with Crippen LogP contribution in [0.5, 0.6) is 5.75 Å². The predicted octanol–water partition coefficient (Wildman–Crippen LogP) is 2.68. The zero-order valence-corrected chi connectivity index (χ0v) is 14.0. The summed E-state index contributed by atoms with van der Waals surface area (Å²) >= 11 is 0. The molecule has 2 aromatic carbocycles. The fraction of sp³-hybridized carbons (Fsp3) is 0.316. The van der Waals surface area contributed by atoms with Gasteiger partial charge in [-0.1, -0.05) is 12.1 Å². The number of carbonyl (C=O) groups excluding carboxylic acids is 1. The van der Waals surface area contributed by atoms with E-state index in [-0.39, 0.29) is 17.3 Å². The summed E-state index contributed by atoms with van der Waals surface area (Å²) in [6.07, 6.45) is 0.341. The van der Waals surface area contributed by atoms with Gasteiger partial charge in [0, 0.05) is 44.8 Å². The van der Waals surface area contributed by atoms with Crippen molar-refractivity contribution in [3.8, 4) is 5.75 Å². The molecule has 1 saturated heterocycles. The summed E-state index contributed by atoms with van der Waals surface area (Å²) < 4.78 is 13.5. The highest BCUT2D eigenvalue weighted by atomic mass is 19.1. The monoisotopic (exact) mass is 343 g/mol. The van der Waals surface area contributed by atoms with E-state index in [1.54, 1.807) is 30.3 Å². The summed E-state index contributed by atoms with van der Waals surface area (Å²) in [6, 6.07) is 13.4. The Morgan fingerprint density at radius 3 is 2.40 bits per heavy atom. The number of rotatable bonds is 5. The Morgan fingerprint density at radius 1 is 1.04 bits per heavy atom. The first-order valence-electron chi connectivity index (χ1n) is 8.42. The summed E-state index contributed by atoms with van der Waals surface area (Å²) in [5.41, 5.74) is 1.32. The molecule has 1 aliphatic rings. The van der Waals surface area contributed by atoms with Gasteiger partial charge >= 0.3 is 0 Å². The van der Waals surface area contributed by atoms with Crippen LogP contribution in [-0.4, -0.2) is 48.6 Å². The molecule has 0 radical (unpaired) electrons. The van der Waals surface area contributed by atoms with Crippen molar-refractivity contribution in [2.75, 3.05) is 42.9 Å². The van der Waals surface area contributed by atoms with Gasteiger partial charge in [-0.15, -0.1) is 0 Å². The van der Waals surface area contributed by atoms with E-state index in [2.05, 4.69) is 15.1 Å². The molecule has 0 saturated carbocycles. The van der Waals surface area contributed by atoms with Gasteiger partial charge in [0.15, 0.2) is 0 Å². The van der Waals surface area contributed by atoms with Gasteiger partial charge in [-0.3, -0.25) is 9.69 Å². The van der Waals surface area contributed by atoms with Crippen LogP contribution in [0.1, 0.15) is 6.42 Å². The van der Waals surface area contributed by atoms with Gasteiger partial charge in [0.05, 0.1) is 5.69 Å². The quantitative estimate of drug-likeness (QED) is 0.876. The van der Waals surface area contributed by atoms with Crippen LogP contribution < -0.4 is 10.2 Å². The van der Waals surface area contributed by atoms with Gasteiger partial charge in [-0.25, -0.2) is 4.39 Å². The lowest BCUT2D eigenvalue weighted by atomic mass is 10.2. The van der Waals surface area contributed by atoms with Gasteiger partial charge in [-0.2, -0.15) is 0 Å². The second-order valence-corrected chi connectivity index (χ2v) is 6.12. The van der Waals surface area contributed by atoms with Gasteiger partial charge < -0.3 is 15.3 Å². The SMILES string of the molecule is O=C(CCN1CCN(c2ccc(O)cc2)CC1)Nc1ccccc1F. The average Bonchev–Trinajstić information content (AvgIpc) is 2.63. The van der Waals surface area contributed by atoms with Crippen molar-refractivity contribution in [3.63, 3.8) is 0 Å². The highest BCUT2D eigenvalue weighted by molar-refractivity contribution is 5.90. The number of nitrogens with zero attached hydrogens (tertiary/aromatic N) is 2. The Bertz CT molecular complexity index is 713. The molecular formula is C19H22FN3O2. The standard InChI is InChI=1S/C19H22FN3O2/c20-17-3-1-2-4-18(17)21-19(25)9-10-22-11-13-23(14-12-22)15-5-7-16(24)8-6-15/h1-8,24H,9-14H2,(H,21,25). The first kappa shape index (κ1) is 17.2. The molecule has 2 N–H and O–H groups in total. The van der Waals surface area contributed by atoms with Crippen molar-refractivity contribution < 1.29 is 14.3 Å². The molecule has 6 heteroatoms. The maximum atomic E-state index is 13.5. The van der Waals surface area contributed by atoms with Crippen molar-refractivity contribution in [3.05, 3.63) is 54.3 Å². The number of piperazine rings is 1. The fourth-order valence-electron chi connectivity index (χ4n) is 2.93. The van der Waals surface area contributed by atoms with Crippen molar-refractivity contribution in [2.24, 2.45) is 0 Å². The Labute approximate surface area is 146 Å². The molecule has 1 aliphatic heterocycles. The molecule has 0 spiro atoms. The third-order valence-electron chi connectivity index (χ3n) is 4.39. The first-order valence-corrected chi connectivity index (χ1v) is 8.42. The Balaban J connectivity index is 1.42. The number of anilines is 2. The third-order valence-corrected chi connectivity index (χ3v) is 4.39. The highest BCUT2D eigenvalue weighted by Gasteiger charge is 2.18. The third kappa shape index (κ3) is 4.70. The number of hydrogen-bond donors (Lipinski definition) is 2. The van der Waals surface area contributed by atoms with Crippen molar-refractivity contribution in [1.29, 1.82) is 0 Å². The lowest BCUT2D eigenvalue weighted by molar-refractivity contribution is -0.116. The Hall–Kier alpha value is -2.60. The normalized spacial score (nSPS) is 15.2. The molecule has 0 atom stereocenters. The van der Waals surface area contributed by atoms with E-state index in [1.165, 1.54) is 6.07 Å². The molecule has 25 heavy (non-hydrogen) atoms. The number of halogens is 1. The highest BCUT2D eigenvalue weighted by Crippen LogP contribution is 2.20. The molecule has 2 aromatic rings. The molecule has 0 bridgehead atoms. The van der Waals surface area contributed by atoms with Crippen LogP contribution in [0.25, 0.3) is 0 Å². The van der Waals surface area contributed by atoms with E-state index in [4.69, 9.17) is 0 Å². The van der Waals surface area contributed by atoms with Crippen LogP contribution >= 0.6 is 0 Å². The van der Waals surface area contributed by atoms with Crippen molar-refractivity contribution in [2.45, 2.75) is 6.42 Å². The number of carbonyl (C=O) groups is 1. The minimum absolute atomic E-state index is 0.175. The predicted molar refractivity (Wildman–Crippen MR) is 96.4 cm³/mol. The van der Waals surface area contributed by atoms with Crippen LogP contribution in [0.3, 0.4) is 0 Å². The summed E-state index contributed by atoms with van der Waals surface area (Å²) in [5, 5.41) is 12.0. The lowest BCUT2D eigenvalue weighted by Gasteiger charge is -2.36. The number of para-hydroxylation sites is 1. The Morgan fingerprint density at radius 2 is 1.72 bits per heavy atom. The van der Waals surface area contributed by atoms with Gasteiger partial charge in [0.2, 0.25) is 5.91 Å². The van der Waals surface area contributed by atoms with E-state index in [1.807, 2.05) is 12.1 Å². The molecule has 132 valence electrons. The van der Waals surface area contributed by atoms with E-state index >= 15 is 0 Å².